The molecule has 0 aliphatic heterocycles. The van der Waals surface area contributed by atoms with Crippen LogP contribution in [-0.4, -0.2) is 22.0 Å². The Kier molecular flexibility index (Phi) is 2.97. The van der Waals surface area contributed by atoms with E-state index >= 15 is 0 Å². The van der Waals surface area contributed by atoms with Gasteiger partial charge in [0.1, 0.15) is 0 Å². The molecule has 5 nitrogen and oxygen atoms in total. The third kappa shape index (κ3) is 2.32. The van der Waals surface area contributed by atoms with Crippen molar-refractivity contribution in [2.45, 2.75) is 25.7 Å². The van der Waals surface area contributed by atoms with Crippen molar-refractivity contribution >= 4 is 17.6 Å². The highest BCUT2D eigenvalue weighted by Crippen LogP contribution is 2.55. The molecule has 1 aromatic heterocycles. The van der Waals surface area contributed by atoms with Crippen LogP contribution in [-0.2, 0) is 4.79 Å². The first-order valence-corrected chi connectivity index (χ1v) is 6.66. The van der Waals surface area contributed by atoms with Crippen molar-refractivity contribution in [1.29, 1.82) is 0 Å². The van der Waals surface area contributed by atoms with Gasteiger partial charge in [-0.1, -0.05) is 12.8 Å². The van der Waals surface area contributed by atoms with Crippen LogP contribution in [0.5, 0.6) is 0 Å². The molecular formula is C14H16N2O3. The van der Waals surface area contributed by atoms with Crippen molar-refractivity contribution < 1.29 is 14.7 Å². The number of carboxylic acids is 1. The van der Waals surface area contributed by atoms with E-state index in [-0.39, 0.29) is 17.4 Å². The molecule has 0 spiro atoms. The lowest BCUT2D eigenvalue weighted by molar-refractivity contribution is -0.117. The van der Waals surface area contributed by atoms with Gasteiger partial charge in [-0.05, 0) is 30.7 Å². The van der Waals surface area contributed by atoms with E-state index in [0.717, 1.165) is 12.8 Å². The maximum absolute atomic E-state index is 12.1. The lowest BCUT2D eigenvalue weighted by Crippen LogP contribution is -2.16. The lowest BCUT2D eigenvalue weighted by Gasteiger charge is -2.05. The Labute approximate surface area is 111 Å². The average Bonchev–Trinajstić information content (AvgIpc) is 3.13. The molecule has 2 aliphatic carbocycles. The number of nitrogens with zero attached hydrogens (tertiary/aromatic N) is 1. The van der Waals surface area contributed by atoms with Crippen molar-refractivity contribution in [3.63, 3.8) is 0 Å². The topological polar surface area (TPSA) is 79.3 Å². The third-order valence-corrected chi connectivity index (χ3v) is 4.21. The van der Waals surface area contributed by atoms with Crippen LogP contribution in [0.25, 0.3) is 0 Å². The van der Waals surface area contributed by atoms with Gasteiger partial charge in [-0.25, -0.2) is 4.79 Å². The molecule has 2 N–H and O–H groups in total. The highest BCUT2D eigenvalue weighted by Gasteiger charge is 2.54. The van der Waals surface area contributed by atoms with Gasteiger partial charge in [-0.2, -0.15) is 0 Å². The minimum Gasteiger partial charge on any atom is -0.478 e. The fourth-order valence-electron chi connectivity index (χ4n) is 3.23. The summed E-state index contributed by atoms with van der Waals surface area (Å²) in [5, 5.41) is 11.7. The smallest absolute Gasteiger partial charge is 0.337 e. The number of carbonyl (C=O) groups excluding carboxylic acids is 1. The Hall–Kier alpha value is -1.91. The summed E-state index contributed by atoms with van der Waals surface area (Å²) in [6.07, 6.45) is 7.50. The number of pyridine rings is 1. The number of aromatic carboxylic acids is 1. The summed E-state index contributed by atoms with van der Waals surface area (Å²) in [6.45, 7) is 0. The van der Waals surface area contributed by atoms with Gasteiger partial charge in [0, 0.05) is 12.1 Å². The standard InChI is InChI=1S/C14H16N2O3/c17-13(12-10-3-1-2-4-11(10)12)16-9-5-8(14(18)19)6-15-7-9/h5-7,10-12H,1-4H2,(H,16,17)(H,18,19). The fraction of sp³-hybridized carbons (Fsp3) is 0.500. The Bertz CT molecular complexity index is 517. The van der Waals surface area contributed by atoms with Crippen molar-refractivity contribution in [2.24, 2.45) is 17.8 Å². The van der Waals surface area contributed by atoms with Gasteiger partial charge in [-0.3, -0.25) is 9.78 Å². The molecule has 1 amide bonds. The molecule has 0 radical (unpaired) electrons. The van der Waals surface area contributed by atoms with Gasteiger partial charge in [0.05, 0.1) is 17.4 Å². The molecule has 2 saturated carbocycles. The predicted octanol–water partition coefficient (Wildman–Crippen LogP) is 2.15. The largest absolute Gasteiger partial charge is 0.478 e. The van der Waals surface area contributed by atoms with Gasteiger partial charge in [0.2, 0.25) is 5.91 Å². The minimum absolute atomic E-state index is 0.0150. The van der Waals surface area contributed by atoms with Crippen molar-refractivity contribution in [1.82, 2.24) is 4.98 Å². The lowest BCUT2D eigenvalue weighted by atomic mass is 10.0. The normalized spacial score (nSPS) is 28.3. The Morgan fingerprint density at radius 1 is 1.21 bits per heavy atom. The Balaban J connectivity index is 1.67. The van der Waals surface area contributed by atoms with Crippen LogP contribution >= 0.6 is 0 Å². The van der Waals surface area contributed by atoms with Crippen LogP contribution in [0, 0.1) is 17.8 Å². The Morgan fingerprint density at radius 2 is 1.89 bits per heavy atom. The SMILES string of the molecule is O=C(O)c1cncc(NC(=O)C2C3CCCCC32)c1. The number of amides is 1. The van der Waals surface area contributed by atoms with Gasteiger partial charge in [0.25, 0.3) is 0 Å². The van der Waals surface area contributed by atoms with Crippen LogP contribution in [0.2, 0.25) is 0 Å². The molecule has 0 aromatic carbocycles. The summed E-state index contributed by atoms with van der Waals surface area (Å²) in [4.78, 5) is 26.8. The van der Waals surface area contributed by atoms with Gasteiger partial charge in [0.15, 0.2) is 0 Å². The summed E-state index contributed by atoms with van der Waals surface area (Å²) < 4.78 is 0. The predicted molar refractivity (Wildman–Crippen MR) is 68.8 cm³/mol. The summed E-state index contributed by atoms with van der Waals surface area (Å²) in [5.74, 6) is 0.189. The van der Waals surface area contributed by atoms with E-state index in [1.165, 1.54) is 31.3 Å². The highest BCUT2D eigenvalue weighted by molar-refractivity contribution is 5.96. The van der Waals surface area contributed by atoms with E-state index in [0.29, 0.717) is 17.5 Å². The van der Waals surface area contributed by atoms with E-state index in [9.17, 15) is 9.59 Å². The first-order valence-electron chi connectivity index (χ1n) is 6.66. The van der Waals surface area contributed by atoms with Gasteiger partial charge >= 0.3 is 5.97 Å². The molecule has 0 saturated heterocycles. The second-order valence-corrected chi connectivity index (χ2v) is 5.39. The van der Waals surface area contributed by atoms with E-state index in [4.69, 9.17) is 5.11 Å². The number of anilines is 1. The minimum atomic E-state index is -1.04. The first kappa shape index (κ1) is 12.1. The maximum atomic E-state index is 12.1. The molecule has 0 bridgehead atoms. The summed E-state index contributed by atoms with van der Waals surface area (Å²) in [5.41, 5.74) is 0.555. The summed E-state index contributed by atoms with van der Waals surface area (Å²) >= 11 is 0. The third-order valence-electron chi connectivity index (χ3n) is 4.21. The molecule has 1 aromatic rings. The number of hydrogen-bond donors (Lipinski definition) is 2. The first-order chi connectivity index (χ1) is 9.16. The summed E-state index contributed by atoms with van der Waals surface area (Å²) in [6, 6.07) is 1.44. The average molecular weight is 260 g/mol. The number of nitrogens with one attached hydrogen (secondary N) is 1. The maximum Gasteiger partial charge on any atom is 0.337 e. The van der Waals surface area contributed by atoms with E-state index in [1.54, 1.807) is 0 Å². The van der Waals surface area contributed by atoms with Crippen LogP contribution in [0.3, 0.4) is 0 Å². The quantitative estimate of drug-likeness (QED) is 0.872. The molecule has 2 aliphatic rings. The van der Waals surface area contributed by atoms with Crippen LogP contribution < -0.4 is 5.32 Å². The van der Waals surface area contributed by atoms with E-state index < -0.39 is 5.97 Å². The molecule has 100 valence electrons. The van der Waals surface area contributed by atoms with Crippen LogP contribution in [0.15, 0.2) is 18.5 Å². The van der Waals surface area contributed by atoms with Gasteiger partial charge in [-0.15, -0.1) is 0 Å². The second-order valence-electron chi connectivity index (χ2n) is 5.39. The number of rotatable bonds is 3. The Morgan fingerprint density at radius 3 is 2.53 bits per heavy atom. The van der Waals surface area contributed by atoms with Crippen LogP contribution in [0.4, 0.5) is 5.69 Å². The van der Waals surface area contributed by atoms with Gasteiger partial charge < -0.3 is 10.4 Å². The zero-order valence-electron chi connectivity index (χ0n) is 10.5. The zero-order valence-corrected chi connectivity index (χ0v) is 10.5. The molecule has 2 fully saturated rings. The number of hydrogen-bond acceptors (Lipinski definition) is 3. The highest BCUT2D eigenvalue weighted by atomic mass is 16.4. The second kappa shape index (κ2) is 4.64. The van der Waals surface area contributed by atoms with Crippen LogP contribution in [0.1, 0.15) is 36.0 Å². The zero-order chi connectivity index (χ0) is 13.4. The summed E-state index contributed by atoms with van der Waals surface area (Å²) in [7, 11) is 0. The number of carbonyl (C=O) groups is 2. The molecule has 3 rings (SSSR count). The molecule has 5 heteroatoms. The number of aromatic nitrogens is 1. The van der Waals surface area contributed by atoms with Crippen molar-refractivity contribution in [2.75, 3.05) is 5.32 Å². The fourth-order valence-corrected chi connectivity index (χ4v) is 3.23. The van der Waals surface area contributed by atoms with E-state index in [1.807, 2.05) is 0 Å². The van der Waals surface area contributed by atoms with Crippen molar-refractivity contribution in [3.8, 4) is 0 Å². The number of fused-ring (bicyclic) bond motifs is 1. The molecule has 2 unspecified atom stereocenters. The molecular weight excluding hydrogens is 244 g/mol. The molecule has 1 heterocycles. The molecule has 19 heavy (non-hydrogen) atoms. The number of carboxylic acid groups (broad SMARTS) is 1. The van der Waals surface area contributed by atoms with E-state index in [2.05, 4.69) is 10.3 Å². The molecule has 2 atom stereocenters. The van der Waals surface area contributed by atoms with Crippen molar-refractivity contribution in [3.05, 3.63) is 24.0 Å². The monoisotopic (exact) mass is 260 g/mol.